The van der Waals surface area contributed by atoms with E-state index in [1.54, 1.807) is 6.42 Å². The summed E-state index contributed by atoms with van der Waals surface area (Å²) in [7, 11) is 0. The van der Waals surface area contributed by atoms with Gasteiger partial charge in [-0.2, -0.15) is 0 Å². The van der Waals surface area contributed by atoms with Crippen molar-refractivity contribution in [2.24, 2.45) is 5.92 Å². The lowest BCUT2D eigenvalue weighted by Gasteiger charge is -2.27. The van der Waals surface area contributed by atoms with E-state index >= 15 is 0 Å². The Hall–Kier alpha value is -0.0400. The molecule has 0 aromatic carbocycles. The Morgan fingerprint density at radius 3 is 2.85 bits per heavy atom. The third-order valence-electron chi connectivity index (χ3n) is 4.54. The van der Waals surface area contributed by atoms with Crippen LogP contribution in [0.5, 0.6) is 0 Å². The van der Waals surface area contributed by atoms with Gasteiger partial charge in [-0.1, -0.05) is 19.3 Å². The Morgan fingerprint density at radius 1 is 0.846 bits per heavy atom. The number of fused-ring (bicyclic) bond motifs is 5. The summed E-state index contributed by atoms with van der Waals surface area (Å²) in [4.78, 5) is 2.88. The van der Waals surface area contributed by atoms with Gasteiger partial charge in [-0.25, -0.2) is 0 Å². The number of hydrogen-bond acceptors (Lipinski definition) is 1. The maximum absolute atomic E-state index is 2.88. The molecule has 1 aliphatic carbocycles. The van der Waals surface area contributed by atoms with E-state index in [0.717, 1.165) is 18.0 Å². The summed E-state index contributed by atoms with van der Waals surface area (Å²) in [5, 5.41) is 0. The fourth-order valence-corrected chi connectivity index (χ4v) is 3.97. The standard InChI is InChI=1S/C12H21N/c1-2-7-12-10-5-4-6-11(9-10)13(12)8-3-1/h10-12H,1-9H2. The van der Waals surface area contributed by atoms with Gasteiger partial charge in [-0.3, -0.25) is 4.90 Å². The van der Waals surface area contributed by atoms with Crippen molar-refractivity contribution in [2.45, 2.75) is 63.5 Å². The minimum absolute atomic E-state index is 1.00. The summed E-state index contributed by atoms with van der Waals surface area (Å²) < 4.78 is 0. The van der Waals surface area contributed by atoms with E-state index in [1.807, 2.05) is 0 Å². The maximum Gasteiger partial charge on any atom is 0.0127 e. The average molecular weight is 179 g/mol. The molecule has 0 radical (unpaired) electrons. The van der Waals surface area contributed by atoms with E-state index in [0.29, 0.717) is 0 Å². The first-order valence-electron chi connectivity index (χ1n) is 6.21. The molecule has 2 saturated heterocycles. The Kier molecular flexibility index (Phi) is 2.08. The summed E-state index contributed by atoms with van der Waals surface area (Å²) >= 11 is 0. The molecule has 2 bridgehead atoms. The van der Waals surface area contributed by atoms with Gasteiger partial charge in [0.2, 0.25) is 0 Å². The zero-order valence-electron chi connectivity index (χ0n) is 8.54. The fraction of sp³-hybridized carbons (Fsp3) is 1.00. The van der Waals surface area contributed by atoms with Crippen LogP contribution in [0, 0.1) is 5.92 Å². The van der Waals surface area contributed by atoms with Gasteiger partial charge in [0.1, 0.15) is 0 Å². The molecule has 2 aliphatic heterocycles. The molecule has 2 heterocycles. The highest BCUT2D eigenvalue weighted by Crippen LogP contribution is 2.43. The Labute approximate surface area is 81.5 Å². The van der Waals surface area contributed by atoms with E-state index in [9.17, 15) is 0 Å². The Balaban J connectivity index is 1.81. The lowest BCUT2D eigenvalue weighted by molar-refractivity contribution is 0.191. The summed E-state index contributed by atoms with van der Waals surface area (Å²) in [6, 6.07) is 2.01. The van der Waals surface area contributed by atoms with E-state index in [4.69, 9.17) is 0 Å². The molecule has 0 aromatic rings. The van der Waals surface area contributed by atoms with Crippen LogP contribution in [-0.4, -0.2) is 23.5 Å². The van der Waals surface area contributed by atoms with Gasteiger partial charge in [0.15, 0.2) is 0 Å². The van der Waals surface area contributed by atoms with Gasteiger partial charge in [-0.05, 0) is 44.6 Å². The lowest BCUT2D eigenvalue weighted by atomic mass is 9.85. The predicted molar refractivity (Wildman–Crippen MR) is 54.7 cm³/mol. The average Bonchev–Trinajstić information content (AvgIpc) is 2.39. The maximum atomic E-state index is 2.88. The minimum Gasteiger partial charge on any atom is -0.297 e. The molecule has 74 valence electrons. The van der Waals surface area contributed by atoms with E-state index in [-0.39, 0.29) is 0 Å². The van der Waals surface area contributed by atoms with Crippen LogP contribution < -0.4 is 0 Å². The lowest BCUT2D eigenvalue weighted by Crippen LogP contribution is -2.35. The SMILES string of the molecule is C1CCC2C3CCCC(C3)N2CC1. The fourth-order valence-electron chi connectivity index (χ4n) is 3.97. The third kappa shape index (κ3) is 1.32. The molecular weight excluding hydrogens is 158 g/mol. The van der Waals surface area contributed by atoms with Crippen molar-refractivity contribution in [2.75, 3.05) is 6.54 Å². The Bertz CT molecular complexity index is 172. The highest BCUT2D eigenvalue weighted by atomic mass is 15.2. The molecular formula is C12H21N. The van der Waals surface area contributed by atoms with Crippen LogP contribution >= 0.6 is 0 Å². The molecule has 0 aromatic heterocycles. The van der Waals surface area contributed by atoms with Crippen LogP contribution in [0.2, 0.25) is 0 Å². The van der Waals surface area contributed by atoms with Crippen LogP contribution in [0.25, 0.3) is 0 Å². The van der Waals surface area contributed by atoms with Crippen molar-refractivity contribution in [3.8, 4) is 0 Å². The van der Waals surface area contributed by atoms with Gasteiger partial charge in [0.25, 0.3) is 0 Å². The van der Waals surface area contributed by atoms with Crippen LogP contribution in [0.1, 0.15) is 51.4 Å². The zero-order chi connectivity index (χ0) is 8.67. The first-order valence-corrected chi connectivity index (χ1v) is 6.21. The van der Waals surface area contributed by atoms with Gasteiger partial charge < -0.3 is 0 Å². The first kappa shape index (κ1) is 8.28. The van der Waals surface area contributed by atoms with Crippen molar-refractivity contribution in [1.82, 2.24) is 4.90 Å². The minimum atomic E-state index is 1.00. The highest BCUT2D eigenvalue weighted by Gasteiger charge is 2.42. The van der Waals surface area contributed by atoms with Crippen molar-refractivity contribution >= 4 is 0 Å². The van der Waals surface area contributed by atoms with Gasteiger partial charge in [0.05, 0.1) is 0 Å². The number of hydrogen-bond donors (Lipinski definition) is 0. The van der Waals surface area contributed by atoms with Crippen LogP contribution in [-0.2, 0) is 0 Å². The molecule has 3 aliphatic rings. The molecule has 0 spiro atoms. The second-order valence-electron chi connectivity index (χ2n) is 5.24. The molecule has 0 N–H and O–H groups in total. The van der Waals surface area contributed by atoms with Gasteiger partial charge in [0, 0.05) is 12.1 Å². The Morgan fingerprint density at radius 2 is 1.85 bits per heavy atom. The van der Waals surface area contributed by atoms with E-state index in [2.05, 4.69) is 4.90 Å². The zero-order valence-corrected chi connectivity index (χ0v) is 8.54. The molecule has 3 atom stereocenters. The molecule has 1 heteroatoms. The second-order valence-corrected chi connectivity index (χ2v) is 5.24. The van der Waals surface area contributed by atoms with Crippen molar-refractivity contribution in [3.63, 3.8) is 0 Å². The van der Waals surface area contributed by atoms with E-state index in [1.165, 1.54) is 51.5 Å². The van der Waals surface area contributed by atoms with Crippen molar-refractivity contribution in [3.05, 3.63) is 0 Å². The molecule has 1 saturated carbocycles. The predicted octanol–water partition coefficient (Wildman–Crippen LogP) is 2.80. The van der Waals surface area contributed by atoms with E-state index < -0.39 is 0 Å². The topological polar surface area (TPSA) is 3.24 Å². The summed E-state index contributed by atoms with van der Waals surface area (Å²) in [5.74, 6) is 1.09. The summed E-state index contributed by atoms with van der Waals surface area (Å²) in [6.45, 7) is 1.42. The molecule has 13 heavy (non-hydrogen) atoms. The van der Waals surface area contributed by atoms with Crippen molar-refractivity contribution in [1.29, 1.82) is 0 Å². The summed E-state index contributed by atoms with van der Waals surface area (Å²) in [6.07, 6.45) is 12.1. The van der Waals surface area contributed by atoms with Crippen LogP contribution in [0.3, 0.4) is 0 Å². The smallest absolute Gasteiger partial charge is 0.0127 e. The molecule has 0 amide bonds. The van der Waals surface area contributed by atoms with Gasteiger partial charge in [-0.15, -0.1) is 0 Å². The highest BCUT2D eigenvalue weighted by molar-refractivity contribution is 4.97. The second kappa shape index (κ2) is 3.27. The molecule has 3 fully saturated rings. The van der Waals surface area contributed by atoms with Crippen molar-refractivity contribution < 1.29 is 0 Å². The number of rotatable bonds is 0. The van der Waals surface area contributed by atoms with Crippen LogP contribution in [0.15, 0.2) is 0 Å². The molecule has 1 nitrogen and oxygen atoms in total. The van der Waals surface area contributed by atoms with Gasteiger partial charge >= 0.3 is 0 Å². The quantitative estimate of drug-likeness (QED) is 0.552. The normalized spacial score (nSPS) is 45.7. The molecule has 3 unspecified atom stereocenters. The monoisotopic (exact) mass is 179 g/mol. The molecule has 3 rings (SSSR count). The van der Waals surface area contributed by atoms with Crippen LogP contribution in [0.4, 0.5) is 0 Å². The first-order chi connectivity index (χ1) is 6.45. The largest absolute Gasteiger partial charge is 0.297 e. The summed E-state index contributed by atoms with van der Waals surface area (Å²) in [5.41, 5.74) is 0. The third-order valence-corrected chi connectivity index (χ3v) is 4.54. The number of nitrogens with zero attached hydrogens (tertiary/aromatic N) is 1.